The van der Waals surface area contributed by atoms with E-state index < -0.39 is 0 Å². The van der Waals surface area contributed by atoms with E-state index in [1.54, 1.807) is 0 Å². The van der Waals surface area contributed by atoms with Crippen molar-refractivity contribution in [3.05, 3.63) is 0 Å². The van der Waals surface area contributed by atoms with Crippen LogP contribution in [0.1, 0.15) is 64.2 Å². The summed E-state index contributed by atoms with van der Waals surface area (Å²) in [6.45, 7) is 0.0544. The van der Waals surface area contributed by atoms with Gasteiger partial charge in [-0.1, -0.05) is 44.9 Å². The molecule has 2 heteroatoms. The quantitative estimate of drug-likeness (QED) is 0.725. The van der Waals surface area contributed by atoms with Crippen molar-refractivity contribution >= 4 is 5.78 Å². The molecule has 0 radical (unpaired) electrons. The van der Waals surface area contributed by atoms with Crippen LogP contribution >= 0.6 is 0 Å². The van der Waals surface area contributed by atoms with Crippen molar-refractivity contribution in [2.24, 2.45) is 5.92 Å². The number of hydrogen-bond acceptors (Lipinski definition) is 2. The minimum atomic E-state index is -0.0653. The fourth-order valence-electron chi connectivity index (χ4n) is 2.31. The van der Waals surface area contributed by atoms with Gasteiger partial charge in [0.05, 0.1) is 6.61 Å². The van der Waals surface area contributed by atoms with Gasteiger partial charge in [0, 0.05) is 12.3 Å². The SMILES string of the molecule is O=C1CCCCCCCCCCC1CO. The van der Waals surface area contributed by atoms with Gasteiger partial charge in [-0.05, 0) is 12.8 Å². The lowest BCUT2D eigenvalue weighted by molar-refractivity contribution is -0.124. The Morgan fingerprint density at radius 1 is 0.933 bits per heavy atom. The fourth-order valence-corrected chi connectivity index (χ4v) is 2.31. The summed E-state index contributed by atoms with van der Waals surface area (Å²) in [4.78, 5) is 11.7. The molecule has 0 saturated heterocycles. The number of aliphatic hydroxyl groups excluding tert-OH is 1. The van der Waals surface area contributed by atoms with Crippen molar-refractivity contribution in [2.45, 2.75) is 64.2 Å². The van der Waals surface area contributed by atoms with Crippen LogP contribution in [-0.4, -0.2) is 17.5 Å². The van der Waals surface area contributed by atoms with E-state index in [0.717, 1.165) is 19.3 Å². The molecular weight excluding hydrogens is 188 g/mol. The molecule has 1 rings (SSSR count). The van der Waals surface area contributed by atoms with Crippen LogP contribution in [0, 0.1) is 5.92 Å². The molecule has 1 fully saturated rings. The second kappa shape index (κ2) is 7.86. The second-order valence-electron chi connectivity index (χ2n) is 4.71. The highest BCUT2D eigenvalue weighted by Gasteiger charge is 2.16. The lowest BCUT2D eigenvalue weighted by Gasteiger charge is -2.13. The highest BCUT2D eigenvalue weighted by molar-refractivity contribution is 5.81. The van der Waals surface area contributed by atoms with Crippen LogP contribution in [-0.2, 0) is 4.79 Å². The summed E-state index contributed by atoms with van der Waals surface area (Å²) in [6.07, 6.45) is 11.4. The van der Waals surface area contributed by atoms with Gasteiger partial charge in [0.25, 0.3) is 0 Å². The molecule has 1 saturated carbocycles. The zero-order chi connectivity index (χ0) is 10.9. The van der Waals surface area contributed by atoms with Crippen LogP contribution in [0.4, 0.5) is 0 Å². The Balaban J connectivity index is 2.34. The van der Waals surface area contributed by atoms with Gasteiger partial charge in [-0.25, -0.2) is 0 Å². The van der Waals surface area contributed by atoms with Crippen LogP contribution < -0.4 is 0 Å². The molecule has 1 aliphatic rings. The molecule has 2 nitrogen and oxygen atoms in total. The van der Waals surface area contributed by atoms with Crippen molar-refractivity contribution in [1.29, 1.82) is 0 Å². The topological polar surface area (TPSA) is 37.3 Å². The highest BCUT2D eigenvalue weighted by Crippen LogP contribution is 2.18. The van der Waals surface area contributed by atoms with Gasteiger partial charge < -0.3 is 5.11 Å². The lowest BCUT2D eigenvalue weighted by Crippen LogP contribution is -2.18. The smallest absolute Gasteiger partial charge is 0.138 e. The number of ketones is 1. The molecule has 0 amide bonds. The Labute approximate surface area is 93.1 Å². The van der Waals surface area contributed by atoms with Crippen LogP contribution in [0.25, 0.3) is 0 Å². The van der Waals surface area contributed by atoms with Gasteiger partial charge in [0.15, 0.2) is 0 Å². The first-order valence-corrected chi connectivity index (χ1v) is 6.48. The van der Waals surface area contributed by atoms with E-state index >= 15 is 0 Å². The van der Waals surface area contributed by atoms with Gasteiger partial charge in [-0.2, -0.15) is 0 Å². The van der Waals surface area contributed by atoms with E-state index in [9.17, 15) is 4.79 Å². The first-order chi connectivity index (χ1) is 7.34. The average Bonchev–Trinajstić information content (AvgIpc) is 2.23. The van der Waals surface area contributed by atoms with E-state index in [0.29, 0.717) is 6.42 Å². The van der Waals surface area contributed by atoms with Crippen molar-refractivity contribution in [3.8, 4) is 0 Å². The molecule has 1 aliphatic carbocycles. The Morgan fingerprint density at radius 3 is 2.07 bits per heavy atom. The van der Waals surface area contributed by atoms with Gasteiger partial charge in [-0.3, -0.25) is 4.79 Å². The number of hydrogen-bond donors (Lipinski definition) is 1. The molecule has 0 heterocycles. The first kappa shape index (κ1) is 12.7. The van der Waals surface area contributed by atoms with Gasteiger partial charge in [-0.15, -0.1) is 0 Å². The Bertz CT molecular complexity index is 177. The molecule has 1 unspecified atom stereocenters. The fraction of sp³-hybridized carbons (Fsp3) is 0.923. The molecule has 0 aromatic carbocycles. The van der Waals surface area contributed by atoms with E-state index in [-0.39, 0.29) is 18.3 Å². The van der Waals surface area contributed by atoms with E-state index in [2.05, 4.69) is 0 Å². The Kier molecular flexibility index (Phi) is 6.66. The number of carbonyl (C=O) groups excluding carboxylic acids is 1. The zero-order valence-electron chi connectivity index (χ0n) is 9.71. The summed E-state index contributed by atoms with van der Waals surface area (Å²) in [6, 6.07) is 0. The minimum absolute atomic E-state index is 0.0544. The molecule has 0 aliphatic heterocycles. The summed E-state index contributed by atoms with van der Waals surface area (Å²) < 4.78 is 0. The summed E-state index contributed by atoms with van der Waals surface area (Å²) in [5, 5.41) is 9.15. The maximum Gasteiger partial charge on any atom is 0.138 e. The van der Waals surface area contributed by atoms with E-state index in [1.165, 1.54) is 38.5 Å². The summed E-state index contributed by atoms with van der Waals surface area (Å²) in [5.41, 5.74) is 0. The molecule has 1 atom stereocenters. The highest BCUT2D eigenvalue weighted by atomic mass is 16.3. The molecule has 0 aromatic rings. The molecule has 88 valence electrons. The maximum absolute atomic E-state index is 11.7. The van der Waals surface area contributed by atoms with E-state index in [1.807, 2.05) is 0 Å². The normalized spacial score (nSPS) is 26.7. The van der Waals surface area contributed by atoms with Gasteiger partial charge >= 0.3 is 0 Å². The largest absolute Gasteiger partial charge is 0.396 e. The van der Waals surface area contributed by atoms with Gasteiger partial charge in [0.2, 0.25) is 0 Å². The predicted molar refractivity (Wildman–Crippen MR) is 61.8 cm³/mol. The molecular formula is C13H24O2. The Hall–Kier alpha value is -0.370. The molecule has 15 heavy (non-hydrogen) atoms. The third kappa shape index (κ3) is 5.31. The number of aliphatic hydroxyl groups is 1. The van der Waals surface area contributed by atoms with Crippen molar-refractivity contribution in [2.75, 3.05) is 6.61 Å². The lowest BCUT2D eigenvalue weighted by atomic mass is 9.92. The average molecular weight is 212 g/mol. The number of rotatable bonds is 1. The predicted octanol–water partition coefficient (Wildman–Crippen LogP) is 3.08. The monoisotopic (exact) mass is 212 g/mol. The second-order valence-corrected chi connectivity index (χ2v) is 4.71. The van der Waals surface area contributed by atoms with Crippen LogP contribution in [0.5, 0.6) is 0 Å². The van der Waals surface area contributed by atoms with Crippen molar-refractivity contribution < 1.29 is 9.90 Å². The van der Waals surface area contributed by atoms with Crippen LogP contribution in [0.3, 0.4) is 0 Å². The number of carbonyl (C=O) groups is 1. The van der Waals surface area contributed by atoms with Gasteiger partial charge in [0.1, 0.15) is 5.78 Å². The van der Waals surface area contributed by atoms with E-state index in [4.69, 9.17) is 5.11 Å². The third-order valence-electron chi connectivity index (χ3n) is 3.40. The number of Topliss-reactive ketones (excluding diaryl/α,β-unsaturated/α-hetero) is 1. The summed E-state index contributed by atoms with van der Waals surface area (Å²) in [7, 11) is 0. The Morgan fingerprint density at radius 2 is 1.47 bits per heavy atom. The van der Waals surface area contributed by atoms with Crippen LogP contribution in [0.15, 0.2) is 0 Å². The molecule has 0 aromatic heterocycles. The van der Waals surface area contributed by atoms with Crippen molar-refractivity contribution in [1.82, 2.24) is 0 Å². The molecule has 0 spiro atoms. The maximum atomic E-state index is 11.7. The molecule has 0 bridgehead atoms. The zero-order valence-corrected chi connectivity index (χ0v) is 9.71. The first-order valence-electron chi connectivity index (χ1n) is 6.48. The minimum Gasteiger partial charge on any atom is -0.396 e. The third-order valence-corrected chi connectivity index (χ3v) is 3.40. The standard InChI is InChI=1S/C13H24O2/c14-11-12-9-7-5-3-1-2-4-6-8-10-13(12)15/h12,14H,1-11H2. The molecule has 1 N–H and O–H groups in total. The summed E-state index contributed by atoms with van der Waals surface area (Å²) >= 11 is 0. The van der Waals surface area contributed by atoms with Crippen LogP contribution in [0.2, 0.25) is 0 Å². The summed E-state index contributed by atoms with van der Waals surface area (Å²) in [5.74, 6) is 0.225. The van der Waals surface area contributed by atoms with Crippen molar-refractivity contribution in [3.63, 3.8) is 0 Å².